The largest absolute Gasteiger partial charge is 0.339 e. The molecule has 0 N–H and O–H groups in total. The van der Waals surface area contributed by atoms with Gasteiger partial charge in [-0.05, 0) is 31.0 Å². The van der Waals surface area contributed by atoms with E-state index in [9.17, 15) is 4.79 Å². The zero-order valence-electron chi connectivity index (χ0n) is 14.3. The molecule has 0 bridgehead atoms. The molecule has 2 aromatic heterocycles. The fourth-order valence-electron chi connectivity index (χ4n) is 2.62. The van der Waals surface area contributed by atoms with Crippen LogP contribution in [0.3, 0.4) is 0 Å². The molecule has 0 fully saturated rings. The van der Waals surface area contributed by atoms with Gasteiger partial charge in [0.1, 0.15) is 5.01 Å². The Morgan fingerprint density at radius 2 is 1.88 bits per heavy atom. The molecule has 0 aliphatic carbocycles. The molecule has 0 aliphatic heterocycles. The normalized spacial score (nSPS) is 10.6. The molecular weight excluding hydrogens is 330 g/mol. The van der Waals surface area contributed by atoms with Gasteiger partial charge in [0.2, 0.25) is 5.91 Å². The summed E-state index contributed by atoms with van der Waals surface area (Å²) in [6, 6.07) is 14.0. The number of carbonyl (C=O) groups is 1. The molecule has 1 aromatic carbocycles. The summed E-state index contributed by atoms with van der Waals surface area (Å²) in [6.07, 6.45) is 4.69. The summed E-state index contributed by atoms with van der Waals surface area (Å²) in [5.74, 6) is 0.171. The summed E-state index contributed by atoms with van der Waals surface area (Å²) in [4.78, 5) is 23.1. The quantitative estimate of drug-likeness (QED) is 0.641. The van der Waals surface area contributed by atoms with Crippen LogP contribution < -0.4 is 0 Å². The highest BCUT2D eigenvalue weighted by atomic mass is 32.1. The van der Waals surface area contributed by atoms with Gasteiger partial charge in [-0.1, -0.05) is 30.3 Å². The Balaban J connectivity index is 1.57. The van der Waals surface area contributed by atoms with Crippen molar-refractivity contribution in [2.45, 2.75) is 26.3 Å². The molecule has 0 saturated heterocycles. The SMILES string of the molecule is CCN(Cc1ccccc1)C(=O)CCc1csc(-c2ccncc2)n1. The zero-order valence-corrected chi connectivity index (χ0v) is 15.1. The van der Waals surface area contributed by atoms with Crippen LogP contribution in [0.1, 0.15) is 24.6 Å². The van der Waals surface area contributed by atoms with E-state index in [1.165, 1.54) is 0 Å². The predicted molar refractivity (Wildman–Crippen MR) is 101 cm³/mol. The summed E-state index contributed by atoms with van der Waals surface area (Å²) in [5, 5.41) is 3.01. The first kappa shape index (κ1) is 17.3. The van der Waals surface area contributed by atoms with Crippen LogP contribution in [0.2, 0.25) is 0 Å². The lowest BCUT2D eigenvalue weighted by Gasteiger charge is -2.20. The highest BCUT2D eigenvalue weighted by Crippen LogP contribution is 2.23. The van der Waals surface area contributed by atoms with E-state index in [1.807, 2.05) is 47.5 Å². The van der Waals surface area contributed by atoms with E-state index >= 15 is 0 Å². The summed E-state index contributed by atoms with van der Waals surface area (Å²) in [5.41, 5.74) is 3.20. The number of aryl methyl sites for hydroxylation is 1. The fraction of sp³-hybridized carbons (Fsp3) is 0.250. The highest BCUT2D eigenvalue weighted by Gasteiger charge is 2.13. The van der Waals surface area contributed by atoms with Crippen molar-refractivity contribution in [2.24, 2.45) is 0 Å². The van der Waals surface area contributed by atoms with Gasteiger partial charge in [0.05, 0.1) is 5.69 Å². The lowest BCUT2D eigenvalue weighted by Crippen LogP contribution is -2.30. The predicted octanol–water partition coefficient (Wildman–Crippen LogP) is 4.19. The van der Waals surface area contributed by atoms with Gasteiger partial charge in [0.15, 0.2) is 0 Å². The Morgan fingerprint density at radius 3 is 2.60 bits per heavy atom. The van der Waals surface area contributed by atoms with E-state index in [1.54, 1.807) is 23.7 Å². The molecule has 0 atom stereocenters. The maximum absolute atomic E-state index is 12.5. The summed E-state index contributed by atoms with van der Waals surface area (Å²) < 4.78 is 0. The third-order valence-electron chi connectivity index (χ3n) is 4.02. The molecule has 0 aliphatic rings. The van der Waals surface area contributed by atoms with Gasteiger partial charge in [-0.25, -0.2) is 4.98 Å². The van der Waals surface area contributed by atoms with Gasteiger partial charge in [-0.3, -0.25) is 9.78 Å². The second-order valence-electron chi connectivity index (χ2n) is 5.77. The standard InChI is InChI=1S/C20H21N3OS/c1-2-23(14-16-6-4-3-5-7-16)19(24)9-8-18-15-25-20(22-18)17-10-12-21-13-11-17/h3-7,10-13,15H,2,8-9,14H2,1H3. The second kappa shape index (κ2) is 8.53. The van der Waals surface area contributed by atoms with E-state index in [-0.39, 0.29) is 5.91 Å². The van der Waals surface area contributed by atoms with Gasteiger partial charge < -0.3 is 4.90 Å². The van der Waals surface area contributed by atoms with Crippen molar-refractivity contribution in [1.82, 2.24) is 14.9 Å². The third kappa shape index (κ3) is 4.73. The molecule has 128 valence electrons. The molecule has 0 radical (unpaired) electrons. The van der Waals surface area contributed by atoms with E-state index in [0.29, 0.717) is 25.9 Å². The molecule has 0 unspecified atom stereocenters. The second-order valence-corrected chi connectivity index (χ2v) is 6.63. The van der Waals surface area contributed by atoms with Crippen molar-refractivity contribution in [3.05, 3.63) is 71.5 Å². The maximum Gasteiger partial charge on any atom is 0.223 e. The summed E-state index contributed by atoms with van der Waals surface area (Å²) >= 11 is 1.61. The van der Waals surface area contributed by atoms with Gasteiger partial charge in [-0.2, -0.15) is 0 Å². The number of thiazole rings is 1. The Hall–Kier alpha value is -2.53. The molecule has 4 nitrogen and oxygen atoms in total. The lowest BCUT2D eigenvalue weighted by atomic mass is 10.2. The summed E-state index contributed by atoms with van der Waals surface area (Å²) in [7, 11) is 0. The number of hydrogen-bond acceptors (Lipinski definition) is 4. The van der Waals surface area contributed by atoms with E-state index in [0.717, 1.165) is 21.8 Å². The topological polar surface area (TPSA) is 46.1 Å². The van der Waals surface area contributed by atoms with Crippen LogP contribution in [0.25, 0.3) is 10.6 Å². The van der Waals surface area contributed by atoms with Crippen LogP contribution in [-0.2, 0) is 17.8 Å². The Kier molecular flexibility index (Phi) is 5.90. The monoisotopic (exact) mass is 351 g/mol. The van der Waals surface area contributed by atoms with E-state index in [2.05, 4.69) is 22.1 Å². The van der Waals surface area contributed by atoms with Crippen molar-refractivity contribution in [3.63, 3.8) is 0 Å². The first-order valence-corrected chi connectivity index (χ1v) is 9.30. The number of rotatable bonds is 7. The first-order chi connectivity index (χ1) is 12.3. The van der Waals surface area contributed by atoms with Crippen molar-refractivity contribution in [2.75, 3.05) is 6.54 Å². The van der Waals surface area contributed by atoms with Gasteiger partial charge in [-0.15, -0.1) is 11.3 Å². The maximum atomic E-state index is 12.5. The number of benzene rings is 1. The minimum Gasteiger partial charge on any atom is -0.339 e. The summed E-state index contributed by atoms with van der Waals surface area (Å²) in [6.45, 7) is 3.40. The molecule has 3 rings (SSSR count). The highest BCUT2D eigenvalue weighted by molar-refractivity contribution is 7.13. The number of pyridine rings is 1. The molecule has 0 spiro atoms. The number of hydrogen-bond donors (Lipinski definition) is 0. The average molecular weight is 351 g/mol. The smallest absolute Gasteiger partial charge is 0.223 e. The Bertz CT molecular complexity index is 802. The van der Waals surface area contributed by atoms with Crippen LogP contribution in [0.4, 0.5) is 0 Å². The van der Waals surface area contributed by atoms with Gasteiger partial charge in [0.25, 0.3) is 0 Å². The lowest BCUT2D eigenvalue weighted by molar-refractivity contribution is -0.131. The average Bonchev–Trinajstić information content (AvgIpc) is 3.15. The first-order valence-electron chi connectivity index (χ1n) is 8.42. The fourth-order valence-corrected chi connectivity index (χ4v) is 3.48. The van der Waals surface area contributed by atoms with Crippen LogP contribution in [-0.4, -0.2) is 27.3 Å². The molecule has 5 heteroatoms. The molecule has 2 heterocycles. The van der Waals surface area contributed by atoms with Crippen molar-refractivity contribution < 1.29 is 4.79 Å². The van der Waals surface area contributed by atoms with Gasteiger partial charge in [0, 0.05) is 42.8 Å². The number of aromatic nitrogens is 2. The Morgan fingerprint density at radius 1 is 1.12 bits per heavy atom. The molecule has 25 heavy (non-hydrogen) atoms. The van der Waals surface area contributed by atoms with Gasteiger partial charge >= 0.3 is 0 Å². The van der Waals surface area contributed by atoms with Crippen LogP contribution in [0.5, 0.6) is 0 Å². The van der Waals surface area contributed by atoms with E-state index < -0.39 is 0 Å². The van der Waals surface area contributed by atoms with Crippen LogP contribution in [0, 0.1) is 0 Å². The zero-order chi connectivity index (χ0) is 17.5. The molecule has 1 amide bonds. The van der Waals surface area contributed by atoms with Crippen molar-refractivity contribution >= 4 is 17.2 Å². The van der Waals surface area contributed by atoms with Crippen LogP contribution >= 0.6 is 11.3 Å². The Labute approximate surface area is 152 Å². The molecule has 3 aromatic rings. The van der Waals surface area contributed by atoms with Crippen LogP contribution in [0.15, 0.2) is 60.2 Å². The number of carbonyl (C=O) groups excluding carboxylic acids is 1. The van der Waals surface area contributed by atoms with Crippen molar-refractivity contribution in [3.8, 4) is 10.6 Å². The minimum atomic E-state index is 0.171. The van der Waals surface area contributed by atoms with E-state index in [4.69, 9.17) is 0 Å². The number of amides is 1. The van der Waals surface area contributed by atoms with Crippen molar-refractivity contribution in [1.29, 1.82) is 0 Å². The molecule has 0 saturated carbocycles. The number of nitrogens with zero attached hydrogens (tertiary/aromatic N) is 3. The third-order valence-corrected chi connectivity index (χ3v) is 4.96. The minimum absolute atomic E-state index is 0.171. The molecular formula is C20H21N3OS.